The molecule has 2 saturated heterocycles. The van der Waals surface area contributed by atoms with Crippen molar-refractivity contribution in [3.05, 3.63) is 61.2 Å². The Kier molecular flexibility index (Phi) is 8.24. The number of hydrogen-bond acceptors (Lipinski definition) is 10. The molecule has 6 rings (SSSR count). The van der Waals surface area contributed by atoms with Crippen molar-refractivity contribution >= 4 is 40.1 Å². The molecule has 5 heterocycles. The molecule has 0 saturated carbocycles. The quantitative estimate of drug-likeness (QED) is 0.307. The van der Waals surface area contributed by atoms with E-state index in [1.165, 1.54) is 0 Å². The highest BCUT2D eigenvalue weighted by atomic mass is 16.5. The maximum absolute atomic E-state index is 12.4. The van der Waals surface area contributed by atoms with E-state index >= 15 is 0 Å². The van der Waals surface area contributed by atoms with E-state index in [1.807, 2.05) is 42.1 Å². The first kappa shape index (κ1) is 27.6. The highest BCUT2D eigenvalue weighted by Crippen LogP contribution is 2.30. The summed E-state index contributed by atoms with van der Waals surface area (Å²) in [6.45, 7) is 6.52. The van der Waals surface area contributed by atoms with Crippen molar-refractivity contribution in [1.82, 2.24) is 34.7 Å². The lowest BCUT2D eigenvalue weighted by Crippen LogP contribution is -2.48. The summed E-state index contributed by atoms with van der Waals surface area (Å²) >= 11 is 0. The van der Waals surface area contributed by atoms with Crippen molar-refractivity contribution < 1.29 is 9.53 Å². The van der Waals surface area contributed by atoms with Gasteiger partial charge in [-0.3, -0.25) is 4.79 Å². The van der Waals surface area contributed by atoms with Gasteiger partial charge in [0.25, 0.3) is 0 Å². The number of amides is 1. The number of nitrogens with zero attached hydrogens (tertiary/aromatic N) is 8. The Bertz CT molecular complexity index is 1520. The van der Waals surface area contributed by atoms with E-state index in [0.717, 1.165) is 59.1 Å². The van der Waals surface area contributed by atoms with E-state index in [0.29, 0.717) is 45.3 Å². The predicted molar refractivity (Wildman–Crippen MR) is 164 cm³/mol. The number of fused-ring (bicyclic) bond motifs is 1. The number of aromatic amines is 1. The first-order chi connectivity index (χ1) is 20.5. The van der Waals surface area contributed by atoms with Crippen LogP contribution in [0.5, 0.6) is 0 Å². The number of rotatable bonds is 8. The smallest absolute Gasteiger partial charge is 0.246 e. The number of nitrogens with one attached hydrogen (secondary N) is 2. The van der Waals surface area contributed by atoms with Crippen LogP contribution < -0.4 is 15.1 Å². The minimum atomic E-state index is 0.0546. The fourth-order valence-electron chi connectivity index (χ4n) is 5.15. The van der Waals surface area contributed by atoms with Crippen molar-refractivity contribution in [1.29, 1.82) is 0 Å². The normalized spacial score (nSPS) is 16.1. The molecule has 0 radical (unpaired) electrons. The minimum absolute atomic E-state index is 0.0546. The summed E-state index contributed by atoms with van der Waals surface area (Å²) in [4.78, 5) is 42.2. The standard InChI is InChI=1S/C30H36N10O2/c1-37(2)9-3-4-27(41)38-10-12-40(13-11-38)30-31-19-24(20-32-30)35-23-7-5-22(6-8-23)26-18-25-28(36-26)33-21-34-29(25)39-14-16-42-17-15-39/h3-8,18-21,35H,9-17H2,1-2H3,(H,33,34,36)/b4-3+. The van der Waals surface area contributed by atoms with Gasteiger partial charge in [0, 0.05) is 63.3 Å². The summed E-state index contributed by atoms with van der Waals surface area (Å²) in [7, 11) is 3.96. The van der Waals surface area contributed by atoms with Gasteiger partial charge < -0.3 is 34.6 Å². The largest absolute Gasteiger partial charge is 0.378 e. The van der Waals surface area contributed by atoms with Gasteiger partial charge in [-0.25, -0.2) is 19.9 Å². The van der Waals surface area contributed by atoms with Crippen molar-refractivity contribution in [2.75, 3.05) is 88.2 Å². The zero-order chi connectivity index (χ0) is 28.9. The molecule has 0 bridgehead atoms. The lowest BCUT2D eigenvalue weighted by molar-refractivity contribution is -0.126. The summed E-state index contributed by atoms with van der Waals surface area (Å²) in [5.41, 5.74) is 4.62. The van der Waals surface area contributed by atoms with Gasteiger partial charge in [-0.2, -0.15) is 0 Å². The van der Waals surface area contributed by atoms with Crippen molar-refractivity contribution in [3.8, 4) is 11.3 Å². The summed E-state index contributed by atoms with van der Waals surface area (Å²) in [6.07, 6.45) is 8.76. The third kappa shape index (κ3) is 6.34. The van der Waals surface area contributed by atoms with E-state index in [-0.39, 0.29) is 5.91 Å². The van der Waals surface area contributed by atoms with Gasteiger partial charge in [-0.15, -0.1) is 0 Å². The molecule has 42 heavy (non-hydrogen) atoms. The number of ether oxygens (including phenoxy) is 1. The van der Waals surface area contributed by atoms with Gasteiger partial charge >= 0.3 is 0 Å². The van der Waals surface area contributed by atoms with Gasteiger partial charge in [0.15, 0.2) is 0 Å². The Hall–Kier alpha value is -4.55. The Morgan fingerprint density at radius 3 is 2.40 bits per heavy atom. The third-order valence-electron chi connectivity index (χ3n) is 7.44. The Morgan fingerprint density at radius 2 is 1.69 bits per heavy atom. The first-order valence-corrected chi connectivity index (χ1v) is 14.2. The Morgan fingerprint density at radius 1 is 0.952 bits per heavy atom. The Balaban J connectivity index is 1.05. The molecule has 2 aliphatic rings. The molecular formula is C30H36N10O2. The zero-order valence-corrected chi connectivity index (χ0v) is 24.0. The average Bonchev–Trinajstić information content (AvgIpc) is 3.47. The third-order valence-corrected chi connectivity index (χ3v) is 7.44. The number of hydrogen-bond donors (Lipinski definition) is 2. The molecular weight excluding hydrogens is 532 g/mol. The molecule has 218 valence electrons. The van der Waals surface area contributed by atoms with Crippen LogP contribution in [0.1, 0.15) is 0 Å². The first-order valence-electron chi connectivity index (χ1n) is 14.2. The number of likely N-dealkylation sites (N-methyl/N-ethyl adjacent to an activating group) is 1. The summed E-state index contributed by atoms with van der Waals surface area (Å²) in [5, 5.41) is 4.40. The molecule has 12 nitrogen and oxygen atoms in total. The van der Waals surface area contributed by atoms with Crippen molar-refractivity contribution in [2.24, 2.45) is 0 Å². The predicted octanol–water partition coefficient (Wildman–Crippen LogP) is 2.76. The van der Waals surface area contributed by atoms with Crippen LogP contribution in [-0.2, 0) is 9.53 Å². The van der Waals surface area contributed by atoms with E-state index in [9.17, 15) is 4.79 Å². The molecule has 0 atom stereocenters. The molecule has 4 aromatic rings. The lowest BCUT2D eigenvalue weighted by Gasteiger charge is -2.34. The SMILES string of the molecule is CN(C)C/C=C/C(=O)N1CCN(c2ncc(Nc3ccc(-c4cc5c(N6CCOCC6)ncnc5[nH]4)cc3)cn2)CC1. The van der Waals surface area contributed by atoms with Gasteiger partial charge in [-0.1, -0.05) is 18.2 Å². The van der Waals surface area contributed by atoms with Gasteiger partial charge in [0.2, 0.25) is 11.9 Å². The van der Waals surface area contributed by atoms with Gasteiger partial charge in [0.05, 0.1) is 36.7 Å². The maximum atomic E-state index is 12.4. The van der Waals surface area contributed by atoms with Gasteiger partial charge in [0.1, 0.15) is 17.8 Å². The highest BCUT2D eigenvalue weighted by Gasteiger charge is 2.21. The van der Waals surface area contributed by atoms with Gasteiger partial charge in [-0.05, 0) is 37.9 Å². The molecule has 12 heteroatoms. The number of aromatic nitrogens is 5. The molecule has 3 aromatic heterocycles. The van der Waals surface area contributed by atoms with Crippen LogP contribution in [0.3, 0.4) is 0 Å². The highest BCUT2D eigenvalue weighted by molar-refractivity contribution is 5.92. The molecule has 0 aliphatic carbocycles. The molecule has 2 aliphatic heterocycles. The van der Waals surface area contributed by atoms with Crippen LogP contribution >= 0.6 is 0 Å². The number of piperazine rings is 1. The second-order valence-electron chi connectivity index (χ2n) is 10.7. The second kappa shape index (κ2) is 12.5. The summed E-state index contributed by atoms with van der Waals surface area (Å²) in [5.74, 6) is 1.67. The number of carbonyl (C=O) groups is 1. The fraction of sp³-hybridized carbons (Fsp3) is 0.367. The topological polar surface area (TPSA) is 119 Å². The number of H-pyrrole nitrogens is 1. The molecule has 1 amide bonds. The fourth-order valence-corrected chi connectivity index (χ4v) is 5.15. The van der Waals surface area contributed by atoms with Crippen LogP contribution in [0.2, 0.25) is 0 Å². The molecule has 0 unspecified atom stereocenters. The number of anilines is 4. The molecule has 1 aromatic carbocycles. The average molecular weight is 569 g/mol. The molecule has 2 fully saturated rings. The number of carbonyl (C=O) groups excluding carboxylic acids is 1. The van der Waals surface area contributed by atoms with E-state index in [4.69, 9.17) is 4.74 Å². The van der Waals surface area contributed by atoms with Crippen LogP contribution in [-0.4, -0.2) is 114 Å². The maximum Gasteiger partial charge on any atom is 0.246 e. The Labute approximate surface area is 245 Å². The summed E-state index contributed by atoms with van der Waals surface area (Å²) in [6, 6.07) is 10.3. The van der Waals surface area contributed by atoms with E-state index in [2.05, 4.69) is 58.2 Å². The van der Waals surface area contributed by atoms with Crippen molar-refractivity contribution in [3.63, 3.8) is 0 Å². The van der Waals surface area contributed by atoms with Crippen LogP contribution in [0.25, 0.3) is 22.3 Å². The monoisotopic (exact) mass is 568 g/mol. The van der Waals surface area contributed by atoms with E-state index in [1.54, 1.807) is 24.8 Å². The van der Waals surface area contributed by atoms with Crippen LogP contribution in [0, 0.1) is 0 Å². The molecule has 2 N–H and O–H groups in total. The van der Waals surface area contributed by atoms with Crippen LogP contribution in [0.15, 0.2) is 61.2 Å². The zero-order valence-electron chi connectivity index (χ0n) is 24.0. The second-order valence-corrected chi connectivity index (χ2v) is 10.7. The number of morpholine rings is 1. The minimum Gasteiger partial charge on any atom is -0.378 e. The summed E-state index contributed by atoms with van der Waals surface area (Å²) < 4.78 is 5.50. The van der Waals surface area contributed by atoms with E-state index < -0.39 is 0 Å². The van der Waals surface area contributed by atoms with Crippen LogP contribution in [0.4, 0.5) is 23.1 Å². The lowest BCUT2D eigenvalue weighted by atomic mass is 10.1. The number of benzene rings is 1. The molecule has 0 spiro atoms. The van der Waals surface area contributed by atoms with Crippen molar-refractivity contribution in [2.45, 2.75) is 0 Å².